The van der Waals surface area contributed by atoms with Crippen LogP contribution in [-0.2, 0) is 0 Å². The molecule has 0 saturated carbocycles. The highest BCUT2D eigenvalue weighted by molar-refractivity contribution is 5.75. The molecule has 0 aliphatic carbocycles. The zero-order valence-electron chi connectivity index (χ0n) is 16.1. The molecule has 0 atom stereocenters. The lowest BCUT2D eigenvalue weighted by atomic mass is 10.1. The molecular formula is C21H23N7. The normalized spacial score (nSPS) is 13.6. The molecule has 0 spiro atoms. The lowest BCUT2D eigenvalue weighted by Gasteiger charge is -2.27. The van der Waals surface area contributed by atoms with Gasteiger partial charge in [0.2, 0.25) is 0 Å². The minimum atomic E-state index is 0.707. The first kappa shape index (κ1) is 17.9. The van der Waals surface area contributed by atoms with Crippen LogP contribution < -0.4 is 15.1 Å². The quantitative estimate of drug-likeness (QED) is 0.751. The Hall–Kier alpha value is -3.48. The van der Waals surface area contributed by atoms with Crippen molar-refractivity contribution in [1.29, 1.82) is 0 Å². The van der Waals surface area contributed by atoms with Gasteiger partial charge in [0.1, 0.15) is 18.0 Å². The maximum absolute atomic E-state index is 4.99. The summed E-state index contributed by atoms with van der Waals surface area (Å²) >= 11 is 0. The minimum absolute atomic E-state index is 0.707. The summed E-state index contributed by atoms with van der Waals surface area (Å²) in [5, 5.41) is 3.27. The smallest absolute Gasteiger partial charge is 0.158 e. The van der Waals surface area contributed by atoms with Crippen molar-refractivity contribution in [3.63, 3.8) is 0 Å². The summed E-state index contributed by atoms with van der Waals surface area (Å²) in [7, 11) is 2.10. The number of fused-ring (bicyclic) bond motifs is 1. The molecule has 0 saturated heterocycles. The van der Waals surface area contributed by atoms with Crippen LogP contribution in [0.1, 0.15) is 12.0 Å². The van der Waals surface area contributed by atoms with Gasteiger partial charge in [-0.2, -0.15) is 0 Å². The molecule has 1 aliphatic heterocycles. The highest BCUT2D eigenvalue weighted by Crippen LogP contribution is 2.34. The first-order chi connectivity index (χ1) is 13.6. The fourth-order valence-electron chi connectivity index (χ4n) is 3.33. The Morgan fingerprint density at radius 2 is 2.04 bits per heavy atom. The van der Waals surface area contributed by atoms with Crippen molar-refractivity contribution in [1.82, 2.24) is 19.9 Å². The van der Waals surface area contributed by atoms with Gasteiger partial charge in [0.15, 0.2) is 5.82 Å². The molecule has 28 heavy (non-hydrogen) atoms. The van der Waals surface area contributed by atoms with Crippen LogP contribution in [0.5, 0.6) is 0 Å². The molecule has 1 N–H and O–H groups in total. The molecule has 142 valence electrons. The maximum atomic E-state index is 4.99. The van der Waals surface area contributed by atoms with Crippen molar-refractivity contribution in [2.24, 2.45) is 0 Å². The van der Waals surface area contributed by atoms with Crippen LogP contribution in [0.25, 0.3) is 11.3 Å². The van der Waals surface area contributed by atoms with Gasteiger partial charge in [0.25, 0.3) is 0 Å². The molecule has 0 amide bonds. The van der Waals surface area contributed by atoms with E-state index in [1.807, 2.05) is 25.4 Å². The molecule has 7 heteroatoms. The maximum Gasteiger partial charge on any atom is 0.158 e. The van der Waals surface area contributed by atoms with Gasteiger partial charge in [0.05, 0.1) is 11.4 Å². The van der Waals surface area contributed by atoms with Gasteiger partial charge in [-0.15, -0.1) is 0 Å². The van der Waals surface area contributed by atoms with Crippen molar-refractivity contribution in [3.05, 3.63) is 67.1 Å². The van der Waals surface area contributed by atoms with Gasteiger partial charge >= 0.3 is 0 Å². The third kappa shape index (κ3) is 3.64. The Balaban J connectivity index is 1.72. The number of aromatic nitrogens is 4. The number of nitrogens with one attached hydrogen (secondary N) is 1. The molecule has 3 aromatic rings. The summed E-state index contributed by atoms with van der Waals surface area (Å²) in [6, 6.07) is 8.09. The SMILES string of the molecule is C=C(Nc1ccncn1)N1CCCN(C)c2ccc(-c3cncc(C)c3)nc21. The Morgan fingerprint density at radius 3 is 2.82 bits per heavy atom. The summed E-state index contributed by atoms with van der Waals surface area (Å²) < 4.78 is 0. The van der Waals surface area contributed by atoms with Crippen LogP contribution in [0.3, 0.4) is 0 Å². The summed E-state index contributed by atoms with van der Waals surface area (Å²) in [6.07, 6.45) is 7.91. The predicted octanol–water partition coefficient (Wildman–Crippen LogP) is 3.47. The fourth-order valence-corrected chi connectivity index (χ4v) is 3.33. The summed E-state index contributed by atoms with van der Waals surface area (Å²) in [5.41, 5.74) is 4.08. The Bertz CT molecular complexity index is 987. The molecule has 4 rings (SSSR count). The van der Waals surface area contributed by atoms with Gasteiger partial charge in [-0.25, -0.2) is 15.0 Å². The third-order valence-corrected chi connectivity index (χ3v) is 4.75. The van der Waals surface area contributed by atoms with E-state index in [1.165, 1.54) is 6.33 Å². The van der Waals surface area contributed by atoms with Crippen molar-refractivity contribution in [2.75, 3.05) is 35.3 Å². The first-order valence-electron chi connectivity index (χ1n) is 9.25. The molecule has 4 heterocycles. The summed E-state index contributed by atoms with van der Waals surface area (Å²) in [4.78, 5) is 21.8. The molecular weight excluding hydrogens is 350 g/mol. The fraction of sp³-hybridized carbons (Fsp3) is 0.238. The van der Waals surface area contributed by atoms with Gasteiger partial charge < -0.3 is 15.1 Å². The third-order valence-electron chi connectivity index (χ3n) is 4.75. The predicted molar refractivity (Wildman–Crippen MR) is 112 cm³/mol. The standard InChI is InChI=1S/C21H23N7/c1-15-11-17(13-23-12-15)18-5-6-19-21(26-18)28(10-4-9-27(19)3)16(2)25-20-7-8-22-14-24-20/h5-8,11-14H,2,4,9-10H2,1,3H3,(H,22,24,25). The molecule has 0 unspecified atom stereocenters. The van der Waals surface area contributed by atoms with E-state index in [4.69, 9.17) is 4.98 Å². The number of nitrogens with zero attached hydrogens (tertiary/aromatic N) is 6. The molecule has 0 aromatic carbocycles. The number of pyridine rings is 2. The van der Waals surface area contributed by atoms with Crippen LogP contribution in [0.4, 0.5) is 17.3 Å². The van der Waals surface area contributed by atoms with Gasteiger partial charge in [-0.05, 0) is 43.2 Å². The van der Waals surface area contributed by atoms with E-state index in [-0.39, 0.29) is 0 Å². The van der Waals surface area contributed by atoms with Crippen LogP contribution >= 0.6 is 0 Å². The van der Waals surface area contributed by atoms with Crippen molar-refractivity contribution in [2.45, 2.75) is 13.3 Å². The Labute approximate surface area is 164 Å². The van der Waals surface area contributed by atoms with Crippen molar-refractivity contribution >= 4 is 17.3 Å². The zero-order valence-corrected chi connectivity index (χ0v) is 16.1. The number of hydrogen-bond acceptors (Lipinski definition) is 7. The zero-order chi connectivity index (χ0) is 19.5. The Kier molecular flexibility index (Phi) is 4.89. The molecule has 1 aliphatic rings. The minimum Gasteiger partial charge on any atom is -0.372 e. The average Bonchev–Trinajstić information content (AvgIpc) is 2.87. The first-order valence-corrected chi connectivity index (χ1v) is 9.25. The summed E-state index contributed by atoms with van der Waals surface area (Å²) in [6.45, 7) is 8.05. The second kappa shape index (κ2) is 7.64. The lowest BCUT2D eigenvalue weighted by Crippen LogP contribution is -2.28. The summed E-state index contributed by atoms with van der Waals surface area (Å²) in [5.74, 6) is 2.33. The van der Waals surface area contributed by atoms with E-state index in [2.05, 4.69) is 61.9 Å². The van der Waals surface area contributed by atoms with E-state index >= 15 is 0 Å². The van der Waals surface area contributed by atoms with E-state index < -0.39 is 0 Å². The second-order valence-corrected chi connectivity index (χ2v) is 6.88. The molecule has 0 fully saturated rings. The van der Waals surface area contributed by atoms with Crippen LogP contribution in [0.15, 0.2) is 61.6 Å². The molecule has 0 bridgehead atoms. The molecule has 3 aromatic heterocycles. The largest absolute Gasteiger partial charge is 0.372 e. The topological polar surface area (TPSA) is 70.1 Å². The van der Waals surface area contributed by atoms with Crippen LogP contribution in [0, 0.1) is 6.92 Å². The van der Waals surface area contributed by atoms with Gasteiger partial charge in [-0.1, -0.05) is 6.58 Å². The van der Waals surface area contributed by atoms with E-state index in [0.29, 0.717) is 5.82 Å². The van der Waals surface area contributed by atoms with Crippen molar-refractivity contribution in [3.8, 4) is 11.3 Å². The number of aryl methyl sites for hydroxylation is 1. The number of anilines is 3. The Morgan fingerprint density at radius 1 is 1.14 bits per heavy atom. The number of rotatable bonds is 4. The highest BCUT2D eigenvalue weighted by Gasteiger charge is 2.23. The van der Waals surface area contributed by atoms with E-state index in [1.54, 1.807) is 6.20 Å². The van der Waals surface area contributed by atoms with Crippen LogP contribution in [0.2, 0.25) is 0 Å². The van der Waals surface area contributed by atoms with Gasteiger partial charge in [-0.3, -0.25) is 4.98 Å². The molecule has 7 nitrogen and oxygen atoms in total. The molecule has 0 radical (unpaired) electrons. The van der Waals surface area contributed by atoms with Gasteiger partial charge in [0, 0.05) is 44.3 Å². The monoisotopic (exact) mass is 373 g/mol. The second-order valence-electron chi connectivity index (χ2n) is 6.88. The average molecular weight is 373 g/mol. The lowest BCUT2D eigenvalue weighted by molar-refractivity contribution is 0.789. The van der Waals surface area contributed by atoms with E-state index in [0.717, 1.165) is 53.7 Å². The van der Waals surface area contributed by atoms with E-state index in [9.17, 15) is 0 Å². The highest BCUT2D eigenvalue weighted by atomic mass is 15.3. The van der Waals surface area contributed by atoms with Crippen LogP contribution in [-0.4, -0.2) is 40.1 Å². The van der Waals surface area contributed by atoms with Crippen molar-refractivity contribution < 1.29 is 0 Å². The number of hydrogen-bond donors (Lipinski definition) is 1.